The van der Waals surface area contributed by atoms with Crippen molar-refractivity contribution in [3.63, 3.8) is 0 Å². The first-order valence-corrected chi connectivity index (χ1v) is 8.76. The van der Waals surface area contributed by atoms with E-state index in [2.05, 4.69) is 0 Å². The van der Waals surface area contributed by atoms with Crippen molar-refractivity contribution < 1.29 is 54.3 Å². The molecule has 0 radical (unpaired) electrons. The van der Waals surface area contributed by atoms with Gasteiger partial charge >= 0.3 is 0 Å². The van der Waals surface area contributed by atoms with Crippen molar-refractivity contribution >= 4 is 0 Å². The number of aliphatic hydroxyl groups is 6. The van der Waals surface area contributed by atoms with Gasteiger partial charge in [0.25, 0.3) is 0 Å². The predicted molar refractivity (Wildman–Crippen MR) is 87.6 cm³/mol. The van der Waals surface area contributed by atoms with Crippen LogP contribution < -0.4 is 0 Å². The highest BCUT2D eigenvalue weighted by Gasteiger charge is 2.46. The van der Waals surface area contributed by atoms with E-state index in [9.17, 15) is 30.6 Å². The summed E-state index contributed by atoms with van der Waals surface area (Å²) in [4.78, 5) is 0. The third kappa shape index (κ3) is 5.34. The number of ether oxygens (including phenoxy) is 5. The Morgan fingerprint density at radius 2 is 1.15 bits per heavy atom. The van der Waals surface area contributed by atoms with Gasteiger partial charge in [-0.05, 0) is 0 Å². The molecule has 11 heteroatoms. The number of aliphatic hydroxyl groups excluding tert-OH is 6. The van der Waals surface area contributed by atoms with Crippen molar-refractivity contribution in [1.29, 1.82) is 0 Å². The van der Waals surface area contributed by atoms with Crippen LogP contribution >= 0.6 is 0 Å². The van der Waals surface area contributed by atoms with Gasteiger partial charge in [0, 0.05) is 20.1 Å². The summed E-state index contributed by atoms with van der Waals surface area (Å²) >= 11 is 0. The maximum atomic E-state index is 10.2. The topological polar surface area (TPSA) is 168 Å². The van der Waals surface area contributed by atoms with E-state index in [4.69, 9.17) is 23.7 Å². The summed E-state index contributed by atoms with van der Waals surface area (Å²) < 4.78 is 26.2. The highest BCUT2D eigenvalue weighted by molar-refractivity contribution is 4.93. The first kappa shape index (κ1) is 22.8. The maximum absolute atomic E-state index is 10.2. The van der Waals surface area contributed by atoms with E-state index in [-0.39, 0.29) is 26.4 Å². The van der Waals surface area contributed by atoms with Gasteiger partial charge in [-0.2, -0.15) is 0 Å². The largest absolute Gasteiger partial charge is 0.390 e. The molecule has 0 spiro atoms. The SMILES string of the molecule is COCC1OC(COCC2C(COC)OC(O)C(O)C2O)C(O)C(O)C1O. The van der Waals surface area contributed by atoms with Gasteiger partial charge in [-0.15, -0.1) is 0 Å². The monoisotopic (exact) mass is 398 g/mol. The second-order valence-electron chi connectivity index (χ2n) is 6.84. The molecule has 0 amide bonds. The molecule has 0 aromatic carbocycles. The first-order valence-electron chi connectivity index (χ1n) is 8.76. The zero-order chi connectivity index (χ0) is 20.1. The molecule has 0 aromatic rings. The number of hydrogen-bond acceptors (Lipinski definition) is 11. The second-order valence-corrected chi connectivity index (χ2v) is 6.84. The molecule has 6 N–H and O–H groups in total. The first-order chi connectivity index (χ1) is 12.8. The second kappa shape index (κ2) is 10.4. The Bertz CT molecular complexity index is 439. The van der Waals surface area contributed by atoms with Crippen LogP contribution in [0.2, 0.25) is 0 Å². The van der Waals surface area contributed by atoms with Crippen LogP contribution in [-0.2, 0) is 23.7 Å². The Balaban J connectivity index is 1.92. The number of methoxy groups -OCH3 is 2. The number of hydrogen-bond donors (Lipinski definition) is 6. The van der Waals surface area contributed by atoms with Crippen LogP contribution in [-0.4, -0.2) is 126 Å². The molecule has 27 heavy (non-hydrogen) atoms. The summed E-state index contributed by atoms with van der Waals surface area (Å²) in [7, 11) is 2.85. The summed E-state index contributed by atoms with van der Waals surface area (Å²) in [5.74, 6) is -0.700. The van der Waals surface area contributed by atoms with Crippen molar-refractivity contribution in [2.75, 3.05) is 40.6 Å². The summed E-state index contributed by atoms with van der Waals surface area (Å²) in [6.07, 6.45) is -10.9. The molecular weight excluding hydrogens is 368 g/mol. The average molecular weight is 398 g/mol. The molecule has 2 fully saturated rings. The maximum Gasteiger partial charge on any atom is 0.183 e. The van der Waals surface area contributed by atoms with Crippen molar-refractivity contribution in [3.8, 4) is 0 Å². The molecule has 2 aliphatic rings. The average Bonchev–Trinajstić information content (AvgIpc) is 2.64. The molecule has 2 rings (SSSR count). The van der Waals surface area contributed by atoms with Gasteiger partial charge in [-0.3, -0.25) is 0 Å². The normalized spacial score (nSPS) is 45.8. The smallest absolute Gasteiger partial charge is 0.183 e. The quantitative estimate of drug-likeness (QED) is 0.237. The molecule has 2 heterocycles. The van der Waals surface area contributed by atoms with Crippen molar-refractivity contribution in [3.05, 3.63) is 0 Å². The Labute approximate surface area is 157 Å². The van der Waals surface area contributed by atoms with E-state index in [1.165, 1.54) is 14.2 Å². The van der Waals surface area contributed by atoms with Crippen LogP contribution in [0.5, 0.6) is 0 Å². The molecule has 0 aliphatic carbocycles. The lowest BCUT2D eigenvalue weighted by Crippen LogP contribution is -2.60. The van der Waals surface area contributed by atoms with E-state index in [1.54, 1.807) is 0 Å². The zero-order valence-electron chi connectivity index (χ0n) is 15.3. The summed E-state index contributed by atoms with van der Waals surface area (Å²) in [6, 6.07) is 0. The fourth-order valence-corrected chi connectivity index (χ4v) is 3.32. The fourth-order valence-electron chi connectivity index (χ4n) is 3.32. The van der Waals surface area contributed by atoms with Gasteiger partial charge in [-0.25, -0.2) is 0 Å². The van der Waals surface area contributed by atoms with Gasteiger partial charge in [0.2, 0.25) is 0 Å². The van der Waals surface area contributed by atoms with Crippen molar-refractivity contribution in [1.82, 2.24) is 0 Å². The van der Waals surface area contributed by atoms with Gasteiger partial charge < -0.3 is 54.3 Å². The standard InChI is InChI=1S/C16H30O11/c1-23-4-8-7(11(17)15(21)16(22)27-8)3-25-6-10-13(19)14(20)12(18)9(26-10)5-24-2/h7-22H,3-6H2,1-2H3. The summed E-state index contributed by atoms with van der Waals surface area (Å²) in [5, 5.41) is 59.5. The molecule has 0 aromatic heterocycles. The molecule has 11 nitrogen and oxygen atoms in total. The van der Waals surface area contributed by atoms with Crippen LogP contribution in [0.4, 0.5) is 0 Å². The molecule has 2 aliphatic heterocycles. The Morgan fingerprint density at radius 3 is 1.74 bits per heavy atom. The minimum Gasteiger partial charge on any atom is -0.390 e. The third-order valence-electron chi connectivity index (χ3n) is 4.94. The Hall–Kier alpha value is -0.440. The Morgan fingerprint density at radius 1 is 0.593 bits per heavy atom. The highest BCUT2D eigenvalue weighted by atomic mass is 16.6. The predicted octanol–water partition coefficient (Wildman–Crippen LogP) is -3.80. The van der Waals surface area contributed by atoms with E-state index < -0.39 is 61.0 Å². The van der Waals surface area contributed by atoms with Gasteiger partial charge in [0.15, 0.2) is 6.29 Å². The lowest BCUT2D eigenvalue weighted by Gasteiger charge is -2.42. The van der Waals surface area contributed by atoms with E-state index in [1.807, 2.05) is 0 Å². The molecular formula is C16H30O11. The summed E-state index contributed by atoms with van der Waals surface area (Å²) in [5.41, 5.74) is 0. The lowest BCUT2D eigenvalue weighted by molar-refractivity contribution is -0.283. The van der Waals surface area contributed by atoms with Crippen molar-refractivity contribution in [2.24, 2.45) is 5.92 Å². The van der Waals surface area contributed by atoms with Crippen LogP contribution in [0.1, 0.15) is 0 Å². The van der Waals surface area contributed by atoms with Crippen LogP contribution in [0.15, 0.2) is 0 Å². The zero-order valence-corrected chi connectivity index (χ0v) is 15.3. The molecule has 10 atom stereocenters. The molecule has 2 saturated heterocycles. The van der Waals surface area contributed by atoms with Crippen LogP contribution in [0.25, 0.3) is 0 Å². The van der Waals surface area contributed by atoms with Gasteiger partial charge in [-0.1, -0.05) is 0 Å². The minimum absolute atomic E-state index is 0.0244. The minimum atomic E-state index is -1.54. The van der Waals surface area contributed by atoms with Crippen molar-refractivity contribution in [2.45, 2.75) is 55.1 Å². The molecule has 160 valence electrons. The fraction of sp³-hybridized carbons (Fsp3) is 1.00. The van der Waals surface area contributed by atoms with Crippen LogP contribution in [0, 0.1) is 5.92 Å². The molecule has 0 saturated carbocycles. The molecule has 0 bridgehead atoms. The summed E-state index contributed by atoms with van der Waals surface area (Å²) in [6.45, 7) is -0.138. The van der Waals surface area contributed by atoms with E-state index in [0.29, 0.717) is 0 Å². The third-order valence-corrected chi connectivity index (χ3v) is 4.94. The van der Waals surface area contributed by atoms with Gasteiger partial charge in [0.05, 0.1) is 38.6 Å². The molecule has 10 unspecified atom stereocenters. The highest BCUT2D eigenvalue weighted by Crippen LogP contribution is 2.27. The van der Waals surface area contributed by atoms with E-state index in [0.717, 1.165) is 0 Å². The van der Waals surface area contributed by atoms with Gasteiger partial charge in [0.1, 0.15) is 36.6 Å². The lowest BCUT2D eigenvalue weighted by atomic mass is 9.90. The van der Waals surface area contributed by atoms with Crippen LogP contribution in [0.3, 0.4) is 0 Å². The number of rotatable bonds is 8. The Kier molecular flexibility index (Phi) is 8.77. The van der Waals surface area contributed by atoms with E-state index >= 15 is 0 Å².